The highest BCUT2D eigenvalue weighted by Crippen LogP contribution is 2.24. The molecule has 0 bridgehead atoms. The fraction of sp³-hybridized carbons (Fsp3) is 0.0625. The summed E-state index contributed by atoms with van der Waals surface area (Å²) < 4.78 is 6.66. The Balaban J connectivity index is 1.32. The van der Waals surface area contributed by atoms with Gasteiger partial charge in [-0.05, 0) is 77.0 Å². The fourth-order valence-corrected chi connectivity index (χ4v) is 4.64. The van der Waals surface area contributed by atoms with Crippen LogP contribution < -0.4 is 15.6 Å². The molecular weight excluding hydrogens is 518 g/mol. The van der Waals surface area contributed by atoms with Crippen LogP contribution in [-0.2, 0) is 11.2 Å². The van der Waals surface area contributed by atoms with E-state index in [0.717, 1.165) is 16.3 Å². The summed E-state index contributed by atoms with van der Waals surface area (Å²) in [5, 5.41) is 4.58. The molecule has 0 saturated carbocycles. The van der Waals surface area contributed by atoms with E-state index in [2.05, 4.69) is 20.3 Å². The summed E-state index contributed by atoms with van der Waals surface area (Å²) in [4.78, 5) is 51.3. The van der Waals surface area contributed by atoms with Crippen LogP contribution in [0.25, 0.3) is 27.6 Å². The van der Waals surface area contributed by atoms with Crippen molar-refractivity contribution in [3.8, 4) is 11.4 Å². The van der Waals surface area contributed by atoms with Crippen LogP contribution >= 0.6 is 0 Å². The third kappa shape index (κ3) is 5.41. The zero-order valence-corrected chi connectivity index (χ0v) is 21.9. The minimum Gasteiger partial charge on any atom is -0.427 e. The summed E-state index contributed by atoms with van der Waals surface area (Å²) in [5.41, 5.74) is 3.43. The quantitative estimate of drug-likeness (QED) is 0.230. The van der Waals surface area contributed by atoms with E-state index in [-0.39, 0.29) is 11.5 Å². The van der Waals surface area contributed by atoms with E-state index in [4.69, 9.17) is 4.74 Å². The van der Waals surface area contributed by atoms with Gasteiger partial charge in [0.05, 0.1) is 5.69 Å². The Kier molecular flexibility index (Phi) is 6.75. The van der Waals surface area contributed by atoms with Gasteiger partial charge >= 0.3 is 5.97 Å². The second-order valence-electron chi connectivity index (χ2n) is 9.41. The average Bonchev–Trinajstić information content (AvgIpc) is 2.97. The number of fused-ring (bicyclic) bond motifs is 2. The highest BCUT2D eigenvalue weighted by Gasteiger charge is 2.15. The minimum absolute atomic E-state index is 0.300. The zero-order valence-electron chi connectivity index (χ0n) is 21.9. The zero-order chi connectivity index (χ0) is 28.3. The molecule has 0 saturated heterocycles. The van der Waals surface area contributed by atoms with Crippen LogP contribution in [0.3, 0.4) is 0 Å². The van der Waals surface area contributed by atoms with Gasteiger partial charge in [-0.2, -0.15) is 0 Å². The maximum atomic E-state index is 13.7. The predicted molar refractivity (Wildman–Crippen MR) is 155 cm³/mol. The number of pyridine rings is 2. The van der Waals surface area contributed by atoms with Crippen molar-refractivity contribution in [3.05, 3.63) is 131 Å². The first kappa shape index (κ1) is 25.6. The lowest BCUT2D eigenvalue weighted by atomic mass is 10.1. The van der Waals surface area contributed by atoms with Gasteiger partial charge in [0.2, 0.25) is 0 Å². The molecule has 0 unspecified atom stereocenters. The van der Waals surface area contributed by atoms with Crippen molar-refractivity contribution in [2.45, 2.75) is 13.3 Å². The molecule has 9 nitrogen and oxygen atoms in total. The largest absolute Gasteiger partial charge is 0.427 e. The predicted octanol–water partition coefficient (Wildman–Crippen LogP) is 5.10. The first-order chi connectivity index (χ1) is 19.9. The van der Waals surface area contributed by atoms with Crippen molar-refractivity contribution in [3.63, 3.8) is 0 Å². The molecule has 3 aromatic heterocycles. The van der Waals surface area contributed by atoms with E-state index in [9.17, 15) is 14.4 Å². The van der Waals surface area contributed by atoms with Crippen LogP contribution in [0.4, 0.5) is 5.69 Å². The normalized spacial score (nSPS) is 11.0. The maximum Gasteiger partial charge on any atom is 0.308 e. The number of nitrogens with one attached hydrogen (secondary N) is 1. The van der Waals surface area contributed by atoms with E-state index < -0.39 is 5.97 Å². The third-order valence-corrected chi connectivity index (χ3v) is 6.48. The van der Waals surface area contributed by atoms with Gasteiger partial charge in [0.25, 0.3) is 11.5 Å². The summed E-state index contributed by atoms with van der Waals surface area (Å²) in [6, 6.07) is 24.8. The first-order valence-corrected chi connectivity index (χ1v) is 12.8. The van der Waals surface area contributed by atoms with Crippen molar-refractivity contribution >= 4 is 39.5 Å². The standard InChI is InChI=1S/C32H23N5O4/c1-20(38)41-27-12-11-22-16-24(10-9-23(22)17-27)31(39)35-25-6-2-7-26(18-25)37-30-28(8-4-14-34-30)36-29(32(37)40)15-21-5-3-13-33-19-21/h2-14,16-19H,15H2,1H3,(H,35,39). The Morgan fingerprint density at radius 2 is 1.73 bits per heavy atom. The molecule has 0 aliphatic rings. The fourth-order valence-electron chi connectivity index (χ4n) is 4.64. The van der Waals surface area contributed by atoms with E-state index in [0.29, 0.717) is 46.0 Å². The van der Waals surface area contributed by atoms with Gasteiger partial charge < -0.3 is 10.1 Å². The number of anilines is 1. The lowest BCUT2D eigenvalue weighted by molar-refractivity contribution is -0.131. The van der Waals surface area contributed by atoms with Crippen molar-refractivity contribution in [1.82, 2.24) is 19.5 Å². The van der Waals surface area contributed by atoms with E-state index in [1.807, 2.05) is 18.2 Å². The molecule has 0 spiro atoms. The van der Waals surface area contributed by atoms with Crippen LogP contribution in [0.15, 0.2) is 108 Å². The smallest absolute Gasteiger partial charge is 0.308 e. The number of amides is 1. The van der Waals surface area contributed by atoms with Crippen molar-refractivity contribution in [2.75, 3.05) is 5.32 Å². The van der Waals surface area contributed by atoms with Crippen molar-refractivity contribution < 1.29 is 14.3 Å². The second kappa shape index (κ2) is 10.8. The SMILES string of the molecule is CC(=O)Oc1ccc2cc(C(=O)Nc3cccc(-n4c(=O)c(Cc5cccnc5)nc5cccnc54)c3)ccc2c1. The molecule has 9 heteroatoms. The monoisotopic (exact) mass is 541 g/mol. The summed E-state index contributed by atoms with van der Waals surface area (Å²) in [6.45, 7) is 1.35. The molecule has 3 heterocycles. The summed E-state index contributed by atoms with van der Waals surface area (Å²) in [5.74, 6) is -0.267. The lowest BCUT2D eigenvalue weighted by Crippen LogP contribution is -2.25. The third-order valence-electron chi connectivity index (χ3n) is 6.48. The van der Waals surface area contributed by atoms with Crippen LogP contribution in [0, 0.1) is 0 Å². The minimum atomic E-state index is -0.398. The number of rotatable bonds is 6. The van der Waals surface area contributed by atoms with Gasteiger partial charge in [0, 0.05) is 43.2 Å². The molecule has 41 heavy (non-hydrogen) atoms. The molecule has 3 aromatic carbocycles. The number of hydrogen-bond acceptors (Lipinski definition) is 7. The molecule has 200 valence electrons. The molecule has 0 aliphatic heterocycles. The number of hydrogen-bond donors (Lipinski definition) is 1. The molecular formula is C32H23N5O4. The number of esters is 1. The molecule has 6 aromatic rings. The first-order valence-electron chi connectivity index (χ1n) is 12.8. The van der Waals surface area contributed by atoms with Crippen LogP contribution in [0.5, 0.6) is 5.75 Å². The molecule has 0 radical (unpaired) electrons. The number of aromatic nitrogens is 4. The number of benzene rings is 3. The number of ether oxygens (including phenoxy) is 1. The lowest BCUT2D eigenvalue weighted by Gasteiger charge is -2.13. The Morgan fingerprint density at radius 1 is 0.902 bits per heavy atom. The molecule has 1 N–H and O–H groups in total. The summed E-state index contributed by atoms with van der Waals surface area (Å²) >= 11 is 0. The van der Waals surface area contributed by atoms with Gasteiger partial charge in [-0.3, -0.25) is 23.9 Å². The van der Waals surface area contributed by atoms with Crippen LogP contribution in [0.1, 0.15) is 28.5 Å². The summed E-state index contributed by atoms with van der Waals surface area (Å²) in [7, 11) is 0. The van der Waals surface area contributed by atoms with Crippen molar-refractivity contribution in [2.24, 2.45) is 0 Å². The van der Waals surface area contributed by atoms with E-state index in [1.54, 1.807) is 85.3 Å². The molecule has 0 fully saturated rings. The number of nitrogens with zero attached hydrogens (tertiary/aromatic N) is 4. The molecule has 6 rings (SSSR count). The Morgan fingerprint density at radius 3 is 2.56 bits per heavy atom. The maximum absolute atomic E-state index is 13.7. The molecule has 0 aliphatic carbocycles. The van der Waals surface area contributed by atoms with Gasteiger partial charge in [-0.1, -0.05) is 24.3 Å². The van der Waals surface area contributed by atoms with Gasteiger partial charge in [-0.25, -0.2) is 9.97 Å². The van der Waals surface area contributed by atoms with Crippen LogP contribution in [0.2, 0.25) is 0 Å². The number of carbonyl (C=O) groups is 2. The summed E-state index contributed by atoms with van der Waals surface area (Å²) in [6.07, 6.45) is 5.32. The molecule has 1 amide bonds. The Hall–Kier alpha value is -5.70. The Bertz CT molecular complexity index is 2000. The van der Waals surface area contributed by atoms with Gasteiger partial charge in [0.1, 0.15) is 17.0 Å². The topological polar surface area (TPSA) is 116 Å². The average molecular weight is 542 g/mol. The second-order valence-corrected chi connectivity index (χ2v) is 9.41. The van der Waals surface area contributed by atoms with Gasteiger partial charge in [-0.15, -0.1) is 0 Å². The molecule has 0 atom stereocenters. The van der Waals surface area contributed by atoms with E-state index >= 15 is 0 Å². The van der Waals surface area contributed by atoms with E-state index in [1.165, 1.54) is 11.5 Å². The number of carbonyl (C=O) groups excluding carboxylic acids is 2. The van der Waals surface area contributed by atoms with Crippen LogP contribution in [-0.4, -0.2) is 31.4 Å². The van der Waals surface area contributed by atoms with Gasteiger partial charge in [0.15, 0.2) is 5.65 Å². The highest BCUT2D eigenvalue weighted by molar-refractivity contribution is 6.06. The van der Waals surface area contributed by atoms with Crippen molar-refractivity contribution in [1.29, 1.82) is 0 Å². The Labute approximate surface area is 234 Å². The highest BCUT2D eigenvalue weighted by atomic mass is 16.5.